The molecule has 2 aromatic rings. The number of aromatic nitrogens is 1. The third-order valence-corrected chi connectivity index (χ3v) is 3.31. The van der Waals surface area contributed by atoms with Crippen LogP contribution in [0.2, 0.25) is 0 Å². The first kappa shape index (κ1) is 10.6. The molecule has 3 rings (SSSR count). The molecule has 0 aliphatic carbocycles. The highest BCUT2D eigenvalue weighted by Crippen LogP contribution is 2.29. The van der Waals surface area contributed by atoms with Crippen LogP contribution in [0.3, 0.4) is 0 Å². The summed E-state index contributed by atoms with van der Waals surface area (Å²) in [7, 11) is 0. The molecule has 17 heavy (non-hydrogen) atoms. The van der Waals surface area contributed by atoms with Crippen molar-refractivity contribution in [3.8, 4) is 11.4 Å². The van der Waals surface area contributed by atoms with E-state index in [9.17, 15) is 4.79 Å². The molecule has 1 aliphatic rings. The van der Waals surface area contributed by atoms with Crippen molar-refractivity contribution in [2.24, 2.45) is 0 Å². The van der Waals surface area contributed by atoms with Crippen LogP contribution >= 0.6 is 15.9 Å². The molecule has 1 aromatic carbocycles. The van der Waals surface area contributed by atoms with E-state index in [1.165, 1.54) is 0 Å². The number of benzene rings is 1. The number of nitrogens with zero attached hydrogens (tertiary/aromatic N) is 1. The Morgan fingerprint density at radius 2 is 2.12 bits per heavy atom. The highest BCUT2D eigenvalue weighted by molar-refractivity contribution is 9.10. The summed E-state index contributed by atoms with van der Waals surface area (Å²) >= 11 is 3.41. The van der Waals surface area contributed by atoms with E-state index in [1.807, 2.05) is 24.3 Å². The Hall–Kier alpha value is -1.55. The van der Waals surface area contributed by atoms with E-state index in [0.717, 1.165) is 28.0 Å². The average Bonchev–Trinajstić information content (AvgIpc) is 2.48. The Kier molecular flexibility index (Phi) is 2.52. The van der Waals surface area contributed by atoms with Gasteiger partial charge in [0.15, 0.2) is 0 Å². The van der Waals surface area contributed by atoms with Crippen LogP contribution in [0.25, 0.3) is 5.69 Å². The lowest BCUT2D eigenvalue weighted by molar-refractivity contribution is 0.326. The van der Waals surface area contributed by atoms with E-state index in [4.69, 9.17) is 4.74 Å². The molecule has 0 bridgehead atoms. The fourth-order valence-electron chi connectivity index (χ4n) is 2.05. The summed E-state index contributed by atoms with van der Waals surface area (Å²) in [6.07, 6.45) is 0.738. The summed E-state index contributed by atoms with van der Waals surface area (Å²) in [5.41, 5.74) is 1.78. The van der Waals surface area contributed by atoms with Gasteiger partial charge >= 0.3 is 0 Å². The smallest absolute Gasteiger partial charge is 0.255 e. The summed E-state index contributed by atoms with van der Waals surface area (Å²) in [4.78, 5) is 12.0. The van der Waals surface area contributed by atoms with Crippen LogP contribution in [0.5, 0.6) is 5.75 Å². The van der Waals surface area contributed by atoms with Crippen LogP contribution in [0, 0.1) is 0 Å². The van der Waals surface area contributed by atoms with Crippen molar-refractivity contribution in [2.75, 3.05) is 6.61 Å². The molecule has 0 unspecified atom stereocenters. The van der Waals surface area contributed by atoms with Crippen LogP contribution < -0.4 is 10.3 Å². The van der Waals surface area contributed by atoms with E-state index < -0.39 is 0 Å². The summed E-state index contributed by atoms with van der Waals surface area (Å²) < 4.78 is 8.34. The molecule has 0 spiro atoms. The van der Waals surface area contributed by atoms with Gasteiger partial charge in [-0.25, -0.2) is 0 Å². The number of ether oxygens (including phenoxy) is 1. The molecule has 0 saturated carbocycles. The molecule has 1 aromatic heterocycles. The fraction of sp³-hybridized carbons (Fsp3) is 0.154. The molecule has 0 N–H and O–H groups in total. The van der Waals surface area contributed by atoms with E-state index in [0.29, 0.717) is 6.61 Å². The molecular weight excluding hydrogens is 282 g/mol. The number of hydrogen-bond donors (Lipinski definition) is 0. The molecule has 1 aliphatic heterocycles. The van der Waals surface area contributed by atoms with Crippen molar-refractivity contribution in [1.29, 1.82) is 0 Å². The van der Waals surface area contributed by atoms with Gasteiger partial charge in [-0.3, -0.25) is 9.36 Å². The zero-order valence-electron chi connectivity index (χ0n) is 9.02. The van der Waals surface area contributed by atoms with Gasteiger partial charge < -0.3 is 4.74 Å². The molecule has 0 atom stereocenters. The van der Waals surface area contributed by atoms with Crippen molar-refractivity contribution >= 4 is 15.9 Å². The summed E-state index contributed by atoms with van der Waals surface area (Å²) in [6, 6.07) is 11.0. The van der Waals surface area contributed by atoms with Gasteiger partial charge in [0, 0.05) is 22.7 Å². The number of fused-ring (bicyclic) bond motifs is 3. The van der Waals surface area contributed by atoms with E-state index in [2.05, 4.69) is 15.9 Å². The number of hydrogen-bond acceptors (Lipinski definition) is 2. The Balaban J connectivity index is 2.34. The molecule has 3 nitrogen and oxygen atoms in total. The van der Waals surface area contributed by atoms with Crippen LogP contribution in [0.1, 0.15) is 5.69 Å². The topological polar surface area (TPSA) is 31.2 Å². The Labute approximate surface area is 107 Å². The lowest BCUT2D eigenvalue weighted by Gasteiger charge is -2.10. The Bertz CT molecular complexity index is 634. The molecule has 4 heteroatoms. The first-order valence-electron chi connectivity index (χ1n) is 5.39. The summed E-state index contributed by atoms with van der Waals surface area (Å²) in [5, 5.41) is 0. The first-order valence-corrected chi connectivity index (χ1v) is 6.19. The Morgan fingerprint density at radius 3 is 3.00 bits per heavy atom. The molecule has 86 valence electrons. The highest BCUT2D eigenvalue weighted by atomic mass is 79.9. The van der Waals surface area contributed by atoms with Crippen LogP contribution in [0.15, 0.2) is 45.7 Å². The van der Waals surface area contributed by atoms with Gasteiger partial charge in [-0.2, -0.15) is 0 Å². The second kappa shape index (κ2) is 4.04. The monoisotopic (exact) mass is 291 g/mol. The van der Waals surface area contributed by atoms with Crippen LogP contribution in [-0.4, -0.2) is 11.2 Å². The van der Waals surface area contributed by atoms with Gasteiger partial charge in [-0.15, -0.1) is 0 Å². The van der Waals surface area contributed by atoms with Crippen molar-refractivity contribution in [1.82, 2.24) is 4.57 Å². The van der Waals surface area contributed by atoms with Gasteiger partial charge in [0.25, 0.3) is 5.56 Å². The van der Waals surface area contributed by atoms with Gasteiger partial charge in [-0.1, -0.05) is 22.0 Å². The molecule has 0 radical (unpaired) electrons. The van der Waals surface area contributed by atoms with Crippen molar-refractivity contribution in [2.45, 2.75) is 6.42 Å². The molecule has 0 fully saturated rings. The minimum Gasteiger partial charge on any atom is -0.491 e. The second-order valence-corrected chi connectivity index (χ2v) is 4.82. The SMILES string of the molecule is O=c1cccc2n1-c1ccc(Br)cc1OCC2. The quantitative estimate of drug-likeness (QED) is 0.747. The summed E-state index contributed by atoms with van der Waals surface area (Å²) in [5.74, 6) is 0.742. The maximum atomic E-state index is 12.0. The third-order valence-electron chi connectivity index (χ3n) is 2.81. The van der Waals surface area contributed by atoms with E-state index in [-0.39, 0.29) is 5.56 Å². The predicted octanol–water partition coefficient (Wildman–Crippen LogP) is 2.53. The standard InChI is InChI=1S/C13H10BrNO2/c14-9-4-5-11-12(8-9)17-7-6-10-2-1-3-13(16)15(10)11/h1-5,8H,6-7H2. The van der Waals surface area contributed by atoms with Crippen molar-refractivity contribution in [3.63, 3.8) is 0 Å². The lowest BCUT2D eigenvalue weighted by atomic mass is 10.2. The number of rotatable bonds is 0. The normalized spacial score (nSPS) is 13.2. The molecule has 2 heterocycles. The van der Waals surface area contributed by atoms with Crippen LogP contribution in [-0.2, 0) is 6.42 Å². The zero-order chi connectivity index (χ0) is 11.8. The van der Waals surface area contributed by atoms with E-state index in [1.54, 1.807) is 16.7 Å². The largest absolute Gasteiger partial charge is 0.491 e. The van der Waals surface area contributed by atoms with E-state index >= 15 is 0 Å². The maximum Gasteiger partial charge on any atom is 0.255 e. The maximum absolute atomic E-state index is 12.0. The molecule has 0 saturated heterocycles. The second-order valence-electron chi connectivity index (χ2n) is 3.90. The molecule has 0 amide bonds. The molecular formula is C13H10BrNO2. The number of halogens is 1. The van der Waals surface area contributed by atoms with Gasteiger partial charge in [-0.05, 0) is 24.3 Å². The summed E-state index contributed by atoms with van der Waals surface area (Å²) in [6.45, 7) is 0.590. The minimum atomic E-state index is -0.0171. The predicted molar refractivity (Wildman–Crippen MR) is 68.9 cm³/mol. The number of pyridine rings is 1. The fourth-order valence-corrected chi connectivity index (χ4v) is 2.39. The van der Waals surface area contributed by atoms with Crippen molar-refractivity contribution in [3.05, 3.63) is 56.9 Å². The van der Waals surface area contributed by atoms with Gasteiger partial charge in [0.1, 0.15) is 5.75 Å². The van der Waals surface area contributed by atoms with Crippen LogP contribution in [0.4, 0.5) is 0 Å². The lowest BCUT2D eigenvalue weighted by Crippen LogP contribution is -2.19. The minimum absolute atomic E-state index is 0.0171. The third kappa shape index (κ3) is 1.78. The highest BCUT2D eigenvalue weighted by Gasteiger charge is 2.15. The van der Waals surface area contributed by atoms with Gasteiger partial charge in [0.05, 0.1) is 12.3 Å². The Morgan fingerprint density at radius 1 is 1.24 bits per heavy atom. The average molecular weight is 292 g/mol. The van der Waals surface area contributed by atoms with Crippen molar-refractivity contribution < 1.29 is 4.74 Å². The first-order chi connectivity index (χ1) is 8.25. The van der Waals surface area contributed by atoms with Gasteiger partial charge in [0.2, 0.25) is 0 Å². The zero-order valence-corrected chi connectivity index (χ0v) is 10.6.